The fraction of sp³-hybridized carbons (Fsp3) is 0.500. The first-order valence-electron chi connectivity index (χ1n) is 7.29. The summed E-state index contributed by atoms with van der Waals surface area (Å²) in [6, 6.07) is 0. The van der Waals surface area contributed by atoms with E-state index in [-0.39, 0.29) is 0 Å². The summed E-state index contributed by atoms with van der Waals surface area (Å²) in [4.78, 5) is 10.2. The zero-order chi connectivity index (χ0) is 14.5. The van der Waals surface area contributed by atoms with E-state index in [1.54, 1.807) is 6.20 Å². The minimum absolute atomic E-state index is 0.368. The Morgan fingerprint density at radius 1 is 1.05 bits per heavy atom. The molecule has 112 valence electrons. The number of hydrogen-bond donors (Lipinski definition) is 1. The summed E-state index contributed by atoms with van der Waals surface area (Å²) in [5.41, 5.74) is 0.806. The molecule has 0 aromatic carbocycles. The van der Waals surface area contributed by atoms with Crippen molar-refractivity contribution in [1.82, 2.24) is 24.6 Å². The third-order valence-electron chi connectivity index (χ3n) is 3.60. The highest BCUT2D eigenvalue weighted by molar-refractivity contribution is 5.49. The van der Waals surface area contributed by atoms with E-state index in [0.717, 1.165) is 31.2 Å². The molecule has 0 atom stereocenters. The van der Waals surface area contributed by atoms with Gasteiger partial charge in [0.25, 0.3) is 0 Å². The average molecular weight is 290 g/mol. The highest BCUT2D eigenvalue weighted by atomic mass is 19.1. The summed E-state index contributed by atoms with van der Waals surface area (Å²) in [5.74, 6) is -0.0789. The number of nitrogens with zero attached hydrogens (tertiary/aromatic N) is 5. The van der Waals surface area contributed by atoms with E-state index in [2.05, 4.69) is 25.3 Å². The van der Waals surface area contributed by atoms with Crippen LogP contribution in [0.2, 0.25) is 0 Å². The van der Waals surface area contributed by atoms with Crippen LogP contribution in [0.4, 0.5) is 16.0 Å². The summed E-state index contributed by atoms with van der Waals surface area (Å²) >= 11 is 0. The van der Waals surface area contributed by atoms with E-state index in [0.29, 0.717) is 5.95 Å². The van der Waals surface area contributed by atoms with Gasteiger partial charge in [-0.15, -0.1) is 0 Å². The van der Waals surface area contributed by atoms with Gasteiger partial charge in [0.1, 0.15) is 0 Å². The van der Waals surface area contributed by atoms with Gasteiger partial charge in [0.15, 0.2) is 5.82 Å². The van der Waals surface area contributed by atoms with Gasteiger partial charge in [0.05, 0.1) is 30.8 Å². The lowest BCUT2D eigenvalue weighted by molar-refractivity contribution is 0.218. The molecule has 3 heterocycles. The van der Waals surface area contributed by atoms with E-state index in [9.17, 15) is 4.39 Å². The van der Waals surface area contributed by atoms with Crippen LogP contribution in [-0.4, -0.2) is 44.3 Å². The average Bonchev–Trinajstić information content (AvgIpc) is 2.96. The van der Waals surface area contributed by atoms with Gasteiger partial charge >= 0.3 is 0 Å². The van der Waals surface area contributed by atoms with Crippen molar-refractivity contribution in [2.24, 2.45) is 0 Å². The molecule has 1 saturated heterocycles. The smallest absolute Gasteiger partial charge is 0.227 e. The summed E-state index contributed by atoms with van der Waals surface area (Å²) in [6.07, 6.45) is 9.86. The van der Waals surface area contributed by atoms with Gasteiger partial charge in [-0.1, -0.05) is 6.42 Å². The van der Waals surface area contributed by atoms with Crippen LogP contribution in [0.25, 0.3) is 0 Å². The maximum absolute atomic E-state index is 12.7. The first-order chi connectivity index (χ1) is 10.3. The maximum atomic E-state index is 12.7. The molecule has 6 nitrogen and oxygen atoms in total. The van der Waals surface area contributed by atoms with E-state index >= 15 is 0 Å². The molecular weight excluding hydrogens is 271 g/mol. The van der Waals surface area contributed by atoms with Crippen molar-refractivity contribution in [1.29, 1.82) is 0 Å². The Bertz CT molecular complexity index is 561. The molecule has 0 unspecified atom stereocenters. The Balaban J connectivity index is 1.52. The normalized spacial score (nSPS) is 16.0. The molecule has 0 amide bonds. The van der Waals surface area contributed by atoms with E-state index in [1.165, 1.54) is 32.4 Å². The second kappa shape index (κ2) is 6.62. The van der Waals surface area contributed by atoms with Gasteiger partial charge in [-0.2, -0.15) is 5.10 Å². The second-order valence-corrected chi connectivity index (χ2v) is 5.24. The summed E-state index contributed by atoms with van der Waals surface area (Å²) in [6.45, 7) is 4.27. The number of anilines is 2. The number of halogens is 1. The van der Waals surface area contributed by atoms with Crippen molar-refractivity contribution in [3.63, 3.8) is 0 Å². The maximum Gasteiger partial charge on any atom is 0.227 e. The molecule has 0 bridgehead atoms. The highest BCUT2D eigenvalue weighted by Crippen LogP contribution is 2.12. The minimum Gasteiger partial charge on any atom is -0.321 e. The predicted octanol–water partition coefficient (Wildman–Crippen LogP) is 2.04. The first-order valence-corrected chi connectivity index (χ1v) is 7.29. The van der Waals surface area contributed by atoms with Crippen LogP contribution in [0, 0.1) is 5.82 Å². The molecule has 2 aromatic heterocycles. The van der Waals surface area contributed by atoms with Crippen molar-refractivity contribution in [3.05, 3.63) is 30.6 Å². The lowest BCUT2D eigenvalue weighted by Gasteiger charge is -2.26. The molecule has 0 radical (unpaired) electrons. The molecule has 1 N–H and O–H groups in total. The quantitative estimate of drug-likeness (QED) is 0.913. The van der Waals surface area contributed by atoms with Crippen LogP contribution in [-0.2, 0) is 6.54 Å². The van der Waals surface area contributed by atoms with Crippen LogP contribution in [0.1, 0.15) is 19.3 Å². The Morgan fingerprint density at radius 3 is 2.57 bits per heavy atom. The molecule has 3 rings (SSSR count). The van der Waals surface area contributed by atoms with Crippen LogP contribution >= 0.6 is 0 Å². The molecule has 2 aromatic rings. The number of hydrogen-bond acceptors (Lipinski definition) is 5. The fourth-order valence-electron chi connectivity index (χ4n) is 2.48. The number of piperidine rings is 1. The standard InChI is InChI=1S/C14H19FN6/c15-12-8-16-14(17-9-12)19-13-10-18-21(11-13)7-6-20-4-2-1-3-5-20/h8-11H,1-7H2,(H,16,17,19). The molecule has 7 heteroatoms. The largest absolute Gasteiger partial charge is 0.321 e. The predicted molar refractivity (Wildman–Crippen MR) is 77.8 cm³/mol. The van der Waals surface area contributed by atoms with E-state index in [4.69, 9.17) is 0 Å². The van der Waals surface area contributed by atoms with E-state index < -0.39 is 5.82 Å². The van der Waals surface area contributed by atoms with Gasteiger partial charge in [-0.05, 0) is 25.9 Å². The second-order valence-electron chi connectivity index (χ2n) is 5.24. The molecule has 21 heavy (non-hydrogen) atoms. The van der Waals surface area contributed by atoms with Crippen molar-refractivity contribution in [2.75, 3.05) is 25.0 Å². The Kier molecular flexibility index (Phi) is 4.40. The number of rotatable bonds is 5. The topological polar surface area (TPSA) is 58.9 Å². The Morgan fingerprint density at radius 2 is 1.81 bits per heavy atom. The van der Waals surface area contributed by atoms with Gasteiger partial charge in [0.2, 0.25) is 5.95 Å². The van der Waals surface area contributed by atoms with Crippen molar-refractivity contribution in [2.45, 2.75) is 25.8 Å². The van der Waals surface area contributed by atoms with Crippen molar-refractivity contribution >= 4 is 11.6 Å². The number of likely N-dealkylation sites (tertiary alicyclic amines) is 1. The van der Waals surface area contributed by atoms with Gasteiger partial charge in [-0.3, -0.25) is 4.68 Å². The SMILES string of the molecule is Fc1cnc(Nc2cnn(CCN3CCCCC3)c2)nc1. The lowest BCUT2D eigenvalue weighted by atomic mass is 10.1. The highest BCUT2D eigenvalue weighted by Gasteiger charge is 2.10. The van der Waals surface area contributed by atoms with Crippen LogP contribution in [0.15, 0.2) is 24.8 Å². The molecular formula is C14H19FN6. The third kappa shape index (κ3) is 3.98. The number of nitrogens with one attached hydrogen (secondary N) is 1. The van der Waals surface area contributed by atoms with E-state index in [1.807, 2.05) is 10.9 Å². The fourth-order valence-corrected chi connectivity index (χ4v) is 2.48. The van der Waals surface area contributed by atoms with Crippen molar-refractivity contribution in [3.8, 4) is 0 Å². The summed E-state index contributed by atoms with van der Waals surface area (Å²) in [7, 11) is 0. The minimum atomic E-state index is -0.447. The number of aromatic nitrogens is 4. The van der Waals surface area contributed by atoms with Gasteiger partial charge < -0.3 is 10.2 Å². The summed E-state index contributed by atoms with van der Waals surface area (Å²) < 4.78 is 14.6. The first kappa shape index (κ1) is 13.9. The zero-order valence-corrected chi connectivity index (χ0v) is 11.9. The van der Waals surface area contributed by atoms with Crippen LogP contribution in [0.5, 0.6) is 0 Å². The monoisotopic (exact) mass is 290 g/mol. The molecule has 1 aliphatic heterocycles. The molecule has 0 saturated carbocycles. The Hall–Kier alpha value is -2.02. The van der Waals surface area contributed by atoms with Crippen molar-refractivity contribution < 1.29 is 4.39 Å². The molecule has 1 fully saturated rings. The molecule has 0 aliphatic carbocycles. The third-order valence-corrected chi connectivity index (χ3v) is 3.60. The zero-order valence-electron chi connectivity index (χ0n) is 11.9. The Labute approximate surface area is 123 Å². The molecule has 1 aliphatic rings. The lowest BCUT2D eigenvalue weighted by Crippen LogP contribution is -2.32. The molecule has 0 spiro atoms. The summed E-state index contributed by atoms with van der Waals surface area (Å²) in [5, 5.41) is 7.32. The van der Waals surface area contributed by atoms with Crippen LogP contribution in [0.3, 0.4) is 0 Å². The van der Waals surface area contributed by atoms with Crippen LogP contribution < -0.4 is 5.32 Å². The van der Waals surface area contributed by atoms with Gasteiger partial charge in [0, 0.05) is 12.7 Å². The van der Waals surface area contributed by atoms with Gasteiger partial charge in [-0.25, -0.2) is 14.4 Å².